The molecular weight excluding hydrogens is 342 g/mol. The number of quaternary nitrogens is 1. The molecule has 0 radical (unpaired) electrons. The predicted molar refractivity (Wildman–Crippen MR) is 105 cm³/mol. The van der Waals surface area contributed by atoms with E-state index in [0.717, 1.165) is 36.6 Å². The molecule has 3 atom stereocenters. The number of piperidine rings is 2. The maximum Gasteiger partial charge on any atom is 0.350 e. The lowest BCUT2D eigenvalue weighted by Crippen LogP contribution is -2.61. The summed E-state index contributed by atoms with van der Waals surface area (Å²) >= 11 is 0. The Kier molecular flexibility index (Phi) is 6.74. The molecule has 2 saturated heterocycles. The van der Waals surface area contributed by atoms with Gasteiger partial charge in [0.1, 0.15) is 17.9 Å². The van der Waals surface area contributed by atoms with E-state index in [4.69, 9.17) is 9.15 Å². The molecule has 0 aromatic carbocycles. The zero-order chi connectivity index (χ0) is 19.3. The molecule has 150 valence electrons. The van der Waals surface area contributed by atoms with E-state index in [2.05, 4.69) is 14.0 Å². The number of unbranched alkanes of at least 4 members (excludes halogenated alkanes) is 2. The summed E-state index contributed by atoms with van der Waals surface area (Å²) in [4.78, 5) is 24.6. The highest BCUT2D eigenvalue weighted by molar-refractivity contribution is 5.88. The largest absolute Gasteiger partial charge is 0.461 e. The standard InChI is InChI=1S/C22H34NO4/c1-3-4-5-10-18-12-13-19(22(25)27-18)21(24)26-16-17-9-8-15-23(2)14-7-6-11-20(17)23/h12-13,17,20H,3-11,14-16H2,1-2H3/q+1/t17-,20+,23?/m1/s1. The first-order valence-corrected chi connectivity index (χ1v) is 10.7. The van der Waals surface area contributed by atoms with Gasteiger partial charge in [-0.05, 0) is 44.2 Å². The minimum absolute atomic E-state index is 0.0194. The normalized spacial score (nSPS) is 27.8. The number of ether oxygens (including phenoxy) is 1. The second kappa shape index (κ2) is 9.05. The highest BCUT2D eigenvalue weighted by Gasteiger charge is 2.43. The van der Waals surface area contributed by atoms with Crippen molar-refractivity contribution < 1.29 is 18.4 Å². The predicted octanol–water partition coefficient (Wildman–Crippen LogP) is 3.94. The molecule has 1 aromatic rings. The minimum Gasteiger partial charge on any atom is -0.461 e. The molecule has 1 unspecified atom stereocenters. The average molecular weight is 377 g/mol. The number of rotatable bonds is 7. The molecule has 1 aromatic heterocycles. The zero-order valence-electron chi connectivity index (χ0n) is 16.9. The second-order valence-electron chi connectivity index (χ2n) is 8.55. The molecule has 5 heteroatoms. The number of carbonyl (C=O) groups excluding carboxylic acids is 1. The van der Waals surface area contributed by atoms with Crippen molar-refractivity contribution in [3.05, 3.63) is 33.9 Å². The maximum atomic E-state index is 12.4. The first kappa shape index (κ1) is 20.1. The van der Waals surface area contributed by atoms with E-state index in [9.17, 15) is 9.59 Å². The van der Waals surface area contributed by atoms with Gasteiger partial charge in [0.2, 0.25) is 0 Å². The Labute approximate surface area is 162 Å². The molecule has 3 heterocycles. The molecule has 0 N–H and O–H groups in total. The van der Waals surface area contributed by atoms with Crippen LogP contribution in [0.4, 0.5) is 0 Å². The lowest BCUT2D eigenvalue weighted by atomic mass is 9.82. The van der Waals surface area contributed by atoms with Crippen molar-refractivity contribution in [2.45, 2.75) is 70.8 Å². The first-order valence-electron chi connectivity index (χ1n) is 10.7. The number of aryl methyl sites for hydroxylation is 1. The lowest BCUT2D eigenvalue weighted by Gasteiger charge is -2.51. The van der Waals surface area contributed by atoms with Crippen LogP contribution in [0.5, 0.6) is 0 Å². The second-order valence-corrected chi connectivity index (χ2v) is 8.55. The number of hydrogen-bond acceptors (Lipinski definition) is 4. The quantitative estimate of drug-likeness (QED) is 0.411. The highest BCUT2D eigenvalue weighted by atomic mass is 16.5. The van der Waals surface area contributed by atoms with E-state index in [1.165, 1.54) is 38.8 Å². The topological polar surface area (TPSA) is 56.5 Å². The van der Waals surface area contributed by atoms with Crippen LogP contribution in [-0.4, -0.2) is 43.2 Å². The SMILES string of the molecule is CCCCCc1ccc(C(=O)OC[C@H]2CCC[N+]3(C)CCCC[C@@H]23)c(=O)o1. The summed E-state index contributed by atoms with van der Waals surface area (Å²) in [6.45, 7) is 5.02. The number of hydrogen-bond donors (Lipinski definition) is 0. The van der Waals surface area contributed by atoms with Gasteiger partial charge < -0.3 is 13.6 Å². The fourth-order valence-corrected chi connectivity index (χ4v) is 4.98. The van der Waals surface area contributed by atoms with Crippen LogP contribution in [0, 0.1) is 5.92 Å². The van der Waals surface area contributed by atoms with Gasteiger partial charge in [0.05, 0.1) is 26.2 Å². The van der Waals surface area contributed by atoms with Crippen LogP contribution in [0.25, 0.3) is 0 Å². The van der Waals surface area contributed by atoms with Gasteiger partial charge in [-0.1, -0.05) is 19.8 Å². The Morgan fingerprint density at radius 2 is 2.00 bits per heavy atom. The van der Waals surface area contributed by atoms with Crippen LogP contribution >= 0.6 is 0 Å². The monoisotopic (exact) mass is 376 g/mol. The summed E-state index contributed by atoms with van der Waals surface area (Å²) in [5, 5.41) is 0. The summed E-state index contributed by atoms with van der Waals surface area (Å²) in [6.07, 6.45) is 10.0. The minimum atomic E-state index is -0.573. The fraction of sp³-hybridized carbons (Fsp3) is 0.727. The van der Waals surface area contributed by atoms with Gasteiger partial charge in [-0.3, -0.25) is 0 Å². The summed E-state index contributed by atoms with van der Waals surface area (Å²) in [5.41, 5.74) is -0.554. The molecule has 0 saturated carbocycles. The molecule has 27 heavy (non-hydrogen) atoms. The summed E-state index contributed by atoms with van der Waals surface area (Å²) < 4.78 is 12.0. The van der Waals surface area contributed by atoms with Crippen LogP contribution in [0.3, 0.4) is 0 Å². The van der Waals surface area contributed by atoms with Gasteiger partial charge in [-0.25, -0.2) is 9.59 Å². The van der Waals surface area contributed by atoms with Crippen molar-refractivity contribution in [3.8, 4) is 0 Å². The summed E-state index contributed by atoms with van der Waals surface area (Å²) in [5.74, 6) is 0.500. The molecule has 0 amide bonds. The molecular formula is C22H34NO4+. The van der Waals surface area contributed by atoms with E-state index in [0.29, 0.717) is 24.3 Å². The van der Waals surface area contributed by atoms with Crippen molar-refractivity contribution in [1.29, 1.82) is 0 Å². The molecule has 2 fully saturated rings. The van der Waals surface area contributed by atoms with E-state index in [1.54, 1.807) is 12.1 Å². The van der Waals surface area contributed by atoms with Gasteiger partial charge >= 0.3 is 11.6 Å². The van der Waals surface area contributed by atoms with Gasteiger partial charge in [-0.15, -0.1) is 0 Å². The summed E-state index contributed by atoms with van der Waals surface area (Å²) in [7, 11) is 2.35. The Morgan fingerprint density at radius 3 is 2.78 bits per heavy atom. The number of fused-ring (bicyclic) bond motifs is 1. The molecule has 2 aliphatic heterocycles. The van der Waals surface area contributed by atoms with Gasteiger partial charge in [0.25, 0.3) is 0 Å². The number of nitrogens with zero attached hydrogens (tertiary/aromatic N) is 1. The smallest absolute Gasteiger partial charge is 0.350 e. The number of esters is 1. The van der Waals surface area contributed by atoms with Crippen molar-refractivity contribution in [2.75, 3.05) is 26.7 Å². The van der Waals surface area contributed by atoms with E-state index in [-0.39, 0.29) is 5.56 Å². The summed E-state index contributed by atoms with van der Waals surface area (Å²) in [6, 6.07) is 3.89. The van der Waals surface area contributed by atoms with E-state index < -0.39 is 11.6 Å². The highest BCUT2D eigenvalue weighted by Crippen LogP contribution is 2.36. The van der Waals surface area contributed by atoms with Crippen LogP contribution in [0.2, 0.25) is 0 Å². The van der Waals surface area contributed by atoms with Crippen LogP contribution in [0.15, 0.2) is 21.3 Å². The third-order valence-corrected chi connectivity index (χ3v) is 6.56. The average Bonchev–Trinajstić information content (AvgIpc) is 2.66. The van der Waals surface area contributed by atoms with Crippen LogP contribution in [0.1, 0.15) is 74.4 Å². The maximum absolute atomic E-state index is 12.4. The van der Waals surface area contributed by atoms with E-state index >= 15 is 0 Å². The van der Waals surface area contributed by atoms with Crippen molar-refractivity contribution in [1.82, 2.24) is 0 Å². The molecule has 0 spiro atoms. The Balaban J connectivity index is 1.58. The van der Waals surface area contributed by atoms with Gasteiger partial charge in [0.15, 0.2) is 0 Å². The Morgan fingerprint density at radius 1 is 1.19 bits per heavy atom. The van der Waals surface area contributed by atoms with Gasteiger partial charge in [0, 0.05) is 18.8 Å². The fourth-order valence-electron chi connectivity index (χ4n) is 4.98. The number of carbonyl (C=O) groups is 1. The van der Waals surface area contributed by atoms with Crippen LogP contribution < -0.4 is 5.63 Å². The molecule has 0 aliphatic carbocycles. The van der Waals surface area contributed by atoms with Crippen molar-refractivity contribution in [2.24, 2.45) is 5.92 Å². The molecule has 2 aliphatic rings. The third-order valence-electron chi connectivity index (χ3n) is 6.56. The van der Waals surface area contributed by atoms with Crippen molar-refractivity contribution >= 4 is 5.97 Å². The lowest BCUT2D eigenvalue weighted by molar-refractivity contribution is -0.947. The zero-order valence-corrected chi connectivity index (χ0v) is 16.9. The Hall–Kier alpha value is -1.62. The van der Waals surface area contributed by atoms with E-state index in [1.807, 2.05) is 0 Å². The molecule has 3 rings (SSSR count). The van der Waals surface area contributed by atoms with Gasteiger partial charge in [-0.2, -0.15) is 0 Å². The first-order chi connectivity index (χ1) is 13.0. The Bertz CT molecular complexity index is 694. The molecule has 0 bridgehead atoms. The third kappa shape index (κ3) is 4.81. The van der Waals surface area contributed by atoms with Crippen LogP contribution in [-0.2, 0) is 11.2 Å². The van der Waals surface area contributed by atoms with Crippen molar-refractivity contribution in [3.63, 3.8) is 0 Å². The molecule has 5 nitrogen and oxygen atoms in total.